The van der Waals surface area contributed by atoms with Crippen molar-refractivity contribution in [2.24, 2.45) is 0 Å². The summed E-state index contributed by atoms with van der Waals surface area (Å²) < 4.78 is 5.33. The van der Waals surface area contributed by atoms with E-state index in [1.54, 1.807) is 0 Å². The number of carboxylic acids is 1. The van der Waals surface area contributed by atoms with Crippen LogP contribution in [0.5, 0.6) is 0 Å². The van der Waals surface area contributed by atoms with E-state index in [0.717, 1.165) is 13.5 Å². The van der Waals surface area contributed by atoms with Crippen LogP contribution in [0.2, 0.25) is 0 Å². The van der Waals surface area contributed by atoms with Gasteiger partial charge in [-0.3, -0.25) is 4.79 Å². The van der Waals surface area contributed by atoms with Crippen molar-refractivity contribution in [1.82, 2.24) is 10.6 Å². The topological polar surface area (TPSA) is 108 Å². The number of nitrogens with one attached hydrogen (secondary N) is 2. The Morgan fingerprint density at radius 3 is 2.82 bits per heavy atom. The van der Waals surface area contributed by atoms with Crippen molar-refractivity contribution in [1.29, 1.82) is 0 Å². The summed E-state index contributed by atoms with van der Waals surface area (Å²) in [5, 5.41) is 23.5. The lowest BCUT2D eigenvalue weighted by Crippen LogP contribution is -2.48. The fraction of sp³-hybridized carbons (Fsp3) is 0.800. The fourth-order valence-corrected chi connectivity index (χ4v) is 1.38. The molecule has 1 aliphatic heterocycles. The zero-order valence-corrected chi connectivity index (χ0v) is 9.73. The molecular weight excluding hydrogens is 228 g/mol. The van der Waals surface area contributed by atoms with Gasteiger partial charge in [0.25, 0.3) is 0 Å². The summed E-state index contributed by atoms with van der Waals surface area (Å²) in [4.78, 5) is 22.0. The van der Waals surface area contributed by atoms with E-state index in [-0.39, 0.29) is 25.0 Å². The normalized spacial score (nSPS) is 23.8. The number of carbonyl (C=O) groups excluding carboxylic acids is 1. The zero-order valence-electron chi connectivity index (χ0n) is 9.73. The van der Waals surface area contributed by atoms with Crippen molar-refractivity contribution in [3.05, 3.63) is 0 Å². The first kappa shape index (κ1) is 13.9. The van der Waals surface area contributed by atoms with Gasteiger partial charge >= 0.3 is 5.97 Å². The van der Waals surface area contributed by atoms with Gasteiger partial charge in [-0.15, -0.1) is 0 Å². The lowest BCUT2D eigenvalue weighted by molar-refractivity contribution is -0.156. The highest BCUT2D eigenvalue weighted by Gasteiger charge is 2.30. The van der Waals surface area contributed by atoms with Gasteiger partial charge in [-0.2, -0.15) is 0 Å². The molecule has 2 unspecified atom stereocenters. The Morgan fingerprint density at radius 2 is 2.29 bits per heavy atom. The Morgan fingerprint density at radius 1 is 1.59 bits per heavy atom. The van der Waals surface area contributed by atoms with E-state index in [0.29, 0.717) is 13.2 Å². The largest absolute Gasteiger partial charge is 0.479 e. The number of hydrogen-bond donors (Lipinski definition) is 4. The van der Waals surface area contributed by atoms with Gasteiger partial charge in [-0.25, -0.2) is 4.79 Å². The van der Waals surface area contributed by atoms with Gasteiger partial charge in [0, 0.05) is 13.1 Å². The van der Waals surface area contributed by atoms with E-state index in [9.17, 15) is 14.7 Å². The minimum Gasteiger partial charge on any atom is -0.479 e. The molecule has 4 N–H and O–H groups in total. The van der Waals surface area contributed by atoms with Gasteiger partial charge in [0.05, 0.1) is 25.7 Å². The van der Waals surface area contributed by atoms with E-state index in [2.05, 4.69) is 10.6 Å². The van der Waals surface area contributed by atoms with E-state index in [1.807, 2.05) is 0 Å². The van der Waals surface area contributed by atoms with Gasteiger partial charge in [-0.05, 0) is 6.92 Å². The summed E-state index contributed by atoms with van der Waals surface area (Å²) in [5.41, 5.74) is -1.94. The highest BCUT2D eigenvalue weighted by atomic mass is 16.5. The van der Waals surface area contributed by atoms with Crippen LogP contribution in [0.1, 0.15) is 13.3 Å². The van der Waals surface area contributed by atoms with Crippen LogP contribution in [-0.2, 0) is 14.3 Å². The molecule has 0 bridgehead atoms. The van der Waals surface area contributed by atoms with E-state index in [4.69, 9.17) is 9.84 Å². The van der Waals surface area contributed by atoms with Crippen molar-refractivity contribution in [2.75, 3.05) is 26.2 Å². The number of ether oxygens (including phenoxy) is 1. The van der Waals surface area contributed by atoms with Gasteiger partial charge < -0.3 is 25.6 Å². The van der Waals surface area contributed by atoms with Crippen LogP contribution in [0.4, 0.5) is 0 Å². The lowest BCUT2D eigenvalue weighted by Gasteiger charge is -2.24. The van der Waals surface area contributed by atoms with Crippen LogP contribution in [0.3, 0.4) is 0 Å². The third-order valence-corrected chi connectivity index (χ3v) is 2.51. The predicted octanol–water partition coefficient (Wildman–Crippen LogP) is -1.68. The van der Waals surface area contributed by atoms with Crippen LogP contribution in [0.15, 0.2) is 0 Å². The molecule has 98 valence electrons. The second kappa shape index (κ2) is 5.95. The molecule has 1 fully saturated rings. The fourth-order valence-electron chi connectivity index (χ4n) is 1.38. The predicted molar refractivity (Wildman–Crippen MR) is 58.5 cm³/mol. The van der Waals surface area contributed by atoms with Crippen LogP contribution < -0.4 is 10.6 Å². The molecule has 0 aromatic rings. The summed E-state index contributed by atoms with van der Waals surface area (Å²) in [5.74, 6) is -1.70. The maximum absolute atomic E-state index is 11.5. The molecule has 1 aliphatic rings. The van der Waals surface area contributed by atoms with Crippen molar-refractivity contribution in [2.45, 2.75) is 25.0 Å². The SMILES string of the molecule is CC(O)(CNC(=O)CC1CNCCO1)C(=O)O. The maximum Gasteiger partial charge on any atom is 0.337 e. The molecule has 0 radical (unpaired) electrons. The Bertz CT molecular complexity index is 286. The molecule has 0 saturated carbocycles. The quantitative estimate of drug-likeness (QED) is 0.461. The lowest BCUT2D eigenvalue weighted by atomic mass is 10.1. The van der Waals surface area contributed by atoms with Gasteiger partial charge in [0.1, 0.15) is 0 Å². The second-order valence-corrected chi connectivity index (χ2v) is 4.26. The van der Waals surface area contributed by atoms with Crippen LogP contribution in [0.25, 0.3) is 0 Å². The van der Waals surface area contributed by atoms with Crippen LogP contribution in [0, 0.1) is 0 Å². The average molecular weight is 246 g/mol. The molecule has 0 aromatic heterocycles. The first-order chi connectivity index (χ1) is 7.92. The van der Waals surface area contributed by atoms with E-state index in [1.165, 1.54) is 0 Å². The van der Waals surface area contributed by atoms with E-state index >= 15 is 0 Å². The maximum atomic E-state index is 11.5. The molecule has 7 nitrogen and oxygen atoms in total. The van der Waals surface area contributed by atoms with Crippen molar-refractivity contribution in [3.8, 4) is 0 Å². The number of rotatable bonds is 5. The van der Waals surface area contributed by atoms with Gasteiger partial charge in [-0.1, -0.05) is 0 Å². The van der Waals surface area contributed by atoms with E-state index < -0.39 is 11.6 Å². The Hall–Kier alpha value is -1.18. The average Bonchev–Trinajstić information content (AvgIpc) is 2.28. The number of aliphatic hydroxyl groups is 1. The van der Waals surface area contributed by atoms with Crippen molar-refractivity contribution < 1.29 is 24.5 Å². The summed E-state index contributed by atoms with van der Waals surface area (Å²) >= 11 is 0. The molecule has 1 rings (SSSR count). The number of carbonyl (C=O) groups is 2. The number of carboxylic acid groups (broad SMARTS) is 1. The Labute approximate surface area is 99.1 Å². The number of morpholine rings is 1. The molecule has 7 heteroatoms. The number of aliphatic carboxylic acids is 1. The highest BCUT2D eigenvalue weighted by Crippen LogP contribution is 2.03. The first-order valence-electron chi connectivity index (χ1n) is 5.46. The third kappa shape index (κ3) is 4.68. The van der Waals surface area contributed by atoms with Gasteiger partial charge in [0.2, 0.25) is 5.91 Å². The Balaban J connectivity index is 2.27. The smallest absolute Gasteiger partial charge is 0.337 e. The van der Waals surface area contributed by atoms with Crippen molar-refractivity contribution >= 4 is 11.9 Å². The second-order valence-electron chi connectivity index (χ2n) is 4.26. The summed E-state index contributed by atoms with van der Waals surface area (Å²) in [6.07, 6.45) is -0.0404. The standard InChI is InChI=1S/C10H18N2O5/c1-10(16,9(14)15)6-12-8(13)4-7-5-11-2-3-17-7/h7,11,16H,2-6H2,1H3,(H,12,13)(H,14,15). The zero-order chi connectivity index (χ0) is 12.9. The molecule has 17 heavy (non-hydrogen) atoms. The summed E-state index contributed by atoms with van der Waals surface area (Å²) in [7, 11) is 0. The summed E-state index contributed by atoms with van der Waals surface area (Å²) in [6.45, 7) is 2.75. The summed E-state index contributed by atoms with van der Waals surface area (Å²) in [6, 6.07) is 0. The first-order valence-corrected chi connectivity index (χ1v) is 5.46. The molecule has 1 amide bonds. The monoisotopic (exact) mass is 246 g/mol. The molecule has 1 saturated heterocycles. The molecular formula is C10H18N2O5. The molecule has 0 aliphatic carbocycles. The molecule has 0 spiro atoms. The third-order valence-electron chi connectivity index (χ3n) is 2.51. The highest BCUT2D eigenvalue weighted by molar-refractivity contribution is 5.80. The number of hydrogen-bond acceptors (Lipinski definition) is 5. The minimum atomic E-state index is -1.94. The Kier molecular flexibility index (Phi) is 4.86. The molecule has 2 atom stereocenters. The van der Waals surface area contributed by atoms with Crippen LogP contribution >= 0.6 is 0 Å². The van der Waals surface area contributed by atoms with Crippen LogP contribution in [-0.4, -0.2) is 60.0 Å². The minimum absolute atomic E-state index is 0.155. The number of amides is 1. The van der Waals surface area contributed by atoms with Gasteiger partial charge in [0.15, 0.2) is 5.60 Å². The molecule has 1 heterocycles. The van der Waals surface area contributed by atoms with Crippen molar-refractivity contribution in [3.63, 3.8) is 0 Å². The molecule has 0 aromatic carbocycles.